The van der Waals surface area contributed by atoms with Crippen molar-refractivity contribution in [3.05, 3.63) is 51.2 Å². The first kappa shape index (κ1) is 14.7. The molecule has 1 aliphatic rings. The molecule has 2 aromatic rings. The number of aromatic nitrogens is 1. The molecule has 0 amide bonds. The van der Waals surface area contributed by atoms with Gasteiger partial charge in [-0.05, 0) is 43.0 Å². The lowest BCUT2D eigenvalue weighted by atomic mass is 9.76. The van der Waals surface area contributed by atoms with Gasteiger partial charge >= 0.3 is 0 Å². The van der Waals surface area contributed by atoms with Gasteiger partial charge in [0.2, 0.25) is 0 Å². The van der Waals surface area contributed by atoms with Crippen molar-refractivity contribution in [2.24, 2.45) is 5.41 Å². The lowest BCUT2D eigenvalue weighted by molar-refractivity contribution is 0.265. The van der Waals surface area contributed by atoms with Crippen LogP contribution in [0.25, 0.3) is 0 Å². The van der Waals surface area contributed by atoms with Crippen molar-refractivity contribution in [3.63, 3.8) is 0 Å². The van der Waals surface area contributed by atoms with Crippen LogP contribution in [0, 0.1) is 11.2 Å². The van der Waals surface area contributed by atoms with E-state index in [4.69, 9.17) is 4.98 Å². The summed E-state index contributed by atoms with van der Waals surface area (Å²) in [7, 11) is 2.02. The van der Waals surface area contributed by atoms with Crippen LogP contribution in [0.4, 0.5) is 4.39 Å². The van der Waals surface area contributed by atoms with E-state index < -0.39 is 0 Å². The minimum absolute atomic E-state index is 0.178. The van der Waals surface area contributed by atoms with E-state index in [9.17, 15) is 4.39 Å². The number of fused-ring (bicyclic) bond motifs is 1. The van der Waals surface area contributed by atoms with Crippen molar-refractivity contribution >= 4 is 11.3 Å². The highest BCUT2D eigenvalue weighted by molar-refractivity contribution is 7.11. The summed E-state index contributed by atoms with van der Waals surface area (Å²) >= 11 is 1.77. The maximum atomic E-state index is 13.3. The molecule has 1 aromatic heterocycles. The molecule has 2 nitrogen and oxygen atoms in total. The molecule has 4 heteroatoms. The summed E-state index contributed by atoms with van der Waals surface area (Å²) in [6.45, 7) is 4.59. The Bertz CT molecular complexity index is 648. The highest BCUT2D eigenvalue weighted by Gasteiger charge is 2.34. The first-order valence-electron chi connectivity index (χ1n) is 7.37. The number of rotatable bonds is 3. The fourth-order valence-corrected chi connectivity index (χ4v) is 4.34. The van der Waals surface area contributed by atoms with Crippen molar-refractivity contribution in [2.45, 2.75) is 39.2 Å². The van der Waals surface area contributed by atoms with E-state index in [2.05, 4.69) is 19.2 Å². The average Bonchev–Trinajstić information content (AvgIpc) is 2.78. The Labute approximate surface area is 129 Å². The van der Waals surface area contributed by atoms with Gasteiger partial charge in [-0.15, -0.1) is 11.3 Å². The first-order valence-corrected chi connectivity index (χ1v) is 8.19. The SMILES string of the molecule is CNC1CC(C)(C)Cc2nc(Cc3cccc(F)c3)sc21. The minimum atomic E-state index is -0.178. The molecule has 0 bridgehead atoms. The van der Waals surface area contributed by atoms with Crippen LogP contribution in [-0.4, -0.2) is 12.0 Å². The van der Waals surface area contributed by atoms with E-state index >= 15 is 0 Å². The zero-order chi connectivity index (χ0) is 15.0. The topological polar surface area (TPSA) is 24.9 Å². The van der Waals surface area contributed by atoms with Crippen molar-refractivity contribution in [3.8, 4) is 0 Å². The van der Waals surface area contributed by atoms with Crippen molar-refractivity contribution < 1.29 is 4.39 Å². The van der Waals surface area contributed by atoms with Crippen LogP contribution < -0.4 is 5.32 Å². The van der Waals surface area contributed by atoms with E-state index in [-0.39, 0.29) is 11.2 Å². The van der Waals surface area contributed by atoms with Gasteiger partial charge < -0.3 is 5.32 Å². The van der Waals surface area contributed by atoms with Crippen LogP contribution in [0.5, 0.6) is 0 Å². The van der Waals surface area contributed by atoms with E-state index in [0.717, 1.165) is 23.4 Å². The summed E-state index contributed by atoms with van der Waals surface area (Å²) in [5.41, 5.74) is 2.49. The number of nitrogens with one attached hydrogen (secondary N) is 1. The molecule has 1 aromatic carbocycles. The van der Waals surface area contributed by atoms with Gasteiger partial charge in [0.25, 0.3) is 0 Å². The number of halogens is 1. The van der Waals surface area contributed by atoms with Crippen molar-refractivity contribution in [1.29, 1.82) is 0 Å². The number of hydrogen-bond donors (Lipinski definition) is 1. The fraction of sp³-hybridized carbons (Fsp3) is 0.471. The van der Waals surface area contributed by atoms with E-state index in [1.165, 1.54) is 16.6 Å². The summed E-state index contributed by atoms with van der Waals surface area (Å²) in [6.07, 6.45) is 2.88. The predicted octanol–water partition coefficient (Wildman–Crippen LogP) is 4.11. The van der Waals surface area contributed by atoms with Crippen molar-refractivity contribution in [2.75, 3.05) is 7.05 Å². The smallest absolute Gasteiger partial charge is 0.123 e. The lowest BCUT2D eigenvalue weighted by Crippen LogP contribution is -2.30. The molecule has 3 rings (SSSR count). The third kappa shape index (κ3) is 3.16. The molecule has 1 aliphatic carbocycles. The van der Waals surface area contributed by atoms with Crippen LogP contribution in [0.1, 0.15) is 47.5 Å². The van der Waals surface area contributed by atoms with Crippen LogP contribution in [-0.2, 0) is 12.8 Å². The second-order valence-corrected chi connectivity index (χ2v) is 7.73. The molecular weight excluding hydrogens is 283 g/mol. The Morgan fingerprint density at radius 1 is 1.43 bits per heavy atom. The molecule has 112 valence electrons. The molecule has 0 saturated heterocycles. The van der Waals surface area contributed by atoms with Crippen LogP contribution in [0.2, 0.25) is 0 Å². The van der Waals surface area contributed by atoms with Crippen molar-refractivity contribution in [1.82, 2.24) is 10.3 Å². The molecule has 1 N–H and O–H groups in total. The van der Waals surface area contributed by atoms with Gasteiger partial charge in [0.1, 0.15) is 5.82 Å². The van der Waals surface area contributed by atoms with Gasteiger partial charge in [0.15, 0.2) is 0 Å². The second-order valence-electron chi connectivity index (χ2n) is 6.61. The summed E-state index contributed by atoms with van der Waals surface area (Å²) in [5, 5.41) is 4.50. The molecule has 0 aliphatic heterocycles. The van der Waals surface area contributed by atoms with Gasteiger partial charge in [-0.1, -0.05) is 26.0 Å². The number of thiazole rings is 1. The fourth-order valence-electron chi connectivity index (χ4n) is 3.11. The largest absolute Gasteiger partial charge is 0.312 e. The zero-order valence-electron chi connectivity index (χ0n) is 12.7. The third-order valence-electron chi connectivity index (χ3n) is 4.08. The lowest BCUT2D eigenvalue weighted by Gasteiger charge is -2.34. The molecule has 1 unspecified atom stereocenters. The van der Waals surface area contributed by atoms with Crippen LogP contribution in [0.3, 0.4) is 0 Å². The molecule has 21 heavy (non-hydrogen) atoms. The average molecular weight is 304 g/mol. The maximum Gasteiger partial charge on any atom is 0.123 e. The summed E-state index contributed by atoms with van der Waals surface area (Å²) < 4.78 is 13.3. The molecule has 0 spiro atoms. The summed E-state index contributed by atoms with van der Waals surface area (Å²) in [4.78, 5) is 6.19. The van der Waals surface area contributed by atoms with E-state index in [1.54, 1.807) is 23.5 Å². The van der Waals surface area contributed by atoms with Gasteiger partial charge in [-0.2, -0.15) is 0 Å². The van der Waals surface area contributed by atoms with Crippen LogP contribution in [0.15, 0.2) is 24.3 Å². The standard InChI is InChI=1S/C17H21FN2S/c1-17(2)9-13(19-3)16-14(10-17)20-15(21-16)8-11-5-4-6-12(18)7-11/h4-7,13,19H,8-10H2,1-3H3. The van der Waals surface area contributed by atoms with Gasteiger partial charge in [0, 0.05) is 17.3 Å². The number of benzene rings is 1. The molecular formula is C17H21FN2S. The van der Waals surface area contributed by atoms with E-state index in [1.807, 2.05) is 13.1 Å². The van der Waals surface area contributed by atoms with Gasteiger partial charge in [0.05, 0.1) is 10.7 Å². The molecule has 0 fully saturated rings. The Balaban J connectivity index is 1.88. The van der Waals surface area contributed by atoms with Crippen LogP contribution >= 0.6 is 11.3 Å². The predicted molar refractivity (Wildman–Crippen MR) is 85.2 cm³/mol. The Morgan fingerprint density at radius 3 is 2.95 bits per heavy atom. The molecule has 1 atom stereocenters. The van der Waals surface area contributed by atoms with E-state index in [0.29, 0.717) is 12.5 Å². The summed E-state index contributed by atoms with van der Waals surface area (Å²) in [6, 6.07) is 7.19. The second kappa shape index (κ2) is 5.50. The highest BCUT2D eigenvalue weighted by Crippen LogP contribution is 2.43. The monoisotopic (exact) mass is 304 g/mol. The molecule has 0 saturated carbocycles. The minimum Gasteiger partial charge on any atom is -0.312 e. The Hall–Kier alpha value is -1.26. The first-order chi connectivity index (χ1) is 9.97. The Kier molecular flexibility index (Phi) is 3.84. The number of nitrogens with zero attached hydrogens (tertiary/aromatic N) is 1. The van der Waals surface area contributed by atoms with Gasteiger partial charge in [-0.25, -0.2) is 9.37 Å². The molecule has 0 radical (unpaired) electrons. The number of hydrogen-bond acceptors (Lipinski definition) is 3. The summed E-state index contributed by atoms with van der Waals surface area (Å²) in [5.74, 6) is -0.178. The maximum absolute atomic E-state index is 13.3. The van der Waals surface area contributed by atoms with Gasteiger partial charge in [-0.3, -0.25) is 0 Å². The third-order valence-corrected chi connectivity index (χ3v) is 5.30. The Morgan fingerprint density at radius 2 is 2.24 bits per heavy atom. The zero-order valence-corrected chi connectivity index (χ0v) is 13.6. The normalized spacial score (nSPS) is 20.3. The molecule has 1 heterocycles. The quantitative estimate of drug-likeness (QED) is 0.923. The highest BCUT2D eigenvalue weighted by atomic mass is 32.1.